The first-order valence-electron chi connectivity index (χ1n) is 7.93. The van der Waals surface area contributed by atoms with E-state index in [4.69, 9.17) is 4.55 Å². The fourth-order valence-corrected chi connectivity index (χ4v) is 4.41. The highest BCUT2D eigenvalue weighted by Crippen LogP contribution is 2.22. The molecule has 0 aromatic heterocycles. The number of hydrogen-bond acceptors (Lipinski definition) is 6. The topological polar surface area (TPSA) is 104 Å². The SMILES string of the molecule is CC(C)(CSS(=O)(=O)O)NCCCCN1C(=O)c2ccccc2C1=O. The van der Waals surface area contributed by atoms with E-state index in [1.165, 1.54) is 4.90 Å². The molecular formula is C16H22N2O5S2. The average molecular weight is 386 g/mol. The fourth-order valence-electron chi connectivity index (χ4n) is 2.54. The van der Waals surface area contributed by atoms with Gasteiger partial charge in [0.05, 0.1) is 11.1 Å². The molecule has 2 N–H and O–H groups in total. The lowest BCUT2D eigenvalue weighted by Gasteiger charge is -2.25. The number of amides is 2. The summed E-state index contributed by atoms with van der Waals surface area (Å²) in [6, 6.07) is 6.80. The van der Waals surface area contributed by atoms with Gasteiger partial charge in [-0.25, -0.2) is 0 Å². The highest BCUT2D eigenvalue weighted by Gasteiger charge is 2.34. The first kappa shape index (κ1) is 19.9. The van der Waals surface area contributed by atoms with E-state index in [0.29, 0.717) is 41.4 Å². The number of imide groups is 1. The number of fused-ring (bicyclic) bond motifs is 1. The van der Waals surface area contributed by atoms with Crippen molar-refractivity contribution < 1.29 is 22.6 Å². The van der Waals surface area contributed by atoms with Crippen LogP contribution in [0.15, 0.2) is 24.3 Å². The second kappa shape index (κ2) is 7.86. The highest BCUT2D eigenvalue weighted by atomic mass is 33.1. The number of carbonyl (C=O) groups is 2. The summed E-state index contributed by atoms with van der Waals surface area (Å²) < 4.78 is 30.3. The average Bonchev–Trinajstić information content (AvgIpc) is 2.77. The number of nitrogens with one attached hydrogen (secondary N) is 1. The van der Waals surface area contributed by atoms with Crippen LogP contribution in [0.5, 0.6) is 0 Å². The lowest BCUT2D eigenvalue weighted by Crippen LogP contribution is -2.42. The summed E-state index contributed by atoms with van der Waals surface area (Å²) in [7, 11) is -3.56. The molecule has 138 valence electrons. The molecule has 0 spiro atoms. The monoisotopic (exact) mass is 386 g/mol. The van der Waals surface area contributed by atoms with Crippen LogP contribution in [-0.2, 0) is 9.15 Å². The predicted octanol–water partition coefficient (Wildman–Crippen LogP) is 1.97. The van der Waals surface area contributed by atoms with Crippen LogP contribution in [0.1, 0.15) is 47.4 Å². The van der Waals surface area contributed by atoms with Gasteiger partial charge < -0.3 is 5.32 Å². The van der Waals surface area contributed by atoms with Crippen LogP contribution >= 0.6 is 10.8 Å². The number of rotatable bonds is 9. The summed E-state index contributed by atoms with van der Waals surface area (Å²) in [5.74, 6) is -0.290. The standard InChI is InChI=1S/C16H22N2O5S2/c1-16(2,11-24-25(21,22)23)17-9-5-6-10-18-14(19)12-7-3-4-8-13(12)15(18)20/h3-4,7-8,17H,5-6,9-11H2,1-2H3,(H,21,22,23). The highest BCUT2D eigenvalue weighted by molar-refractivity contribution is 8.69. The van der Waals surface area contributed by atoms with Gasteiger partial charge in [0.1, 0.15) is 0 Å². The molecule has 25 heavy (non-hydrogen) atoms. The third kappa shape index (κ3) is 5.53. The van der Waals surface area contributed by atoms with E-state index in [-0.39, 0.29) is 17.6 Å². The molecule has 2 amide bonds. The Hall–Kier alpha value is -1.42. The molecule has 0 unspecified atom stereocenters. The Labute approximate surface area is 151 Å². The molecule has 0 atom stereocenters. The first-order valence-corrected chi connectivity index (χ1v) is 10.9. The van der Waals surface area contributed by atoms with Crippen molar-refractivity contribution in [3.05, 3.63) is 35.4 Å². The Balaban J connectivity index is 1.74. The van der Waals surface area contributed by atoms with Crippen molar-refractivity contribution in [2.75, 3.05) is 18.8 Å². The Morgan fingerprint density at radius 2 is 1.68 bits per heavy atom. The van der Waals surface area contributed by atoms with E-state index >= 15 is 0 Å². The molecule has 1 aliphatic heterocycles. The minimum absolute atomic E-state index is 0.213. The first-order chi connectivity index (χ1) is 11.6. The molecule has 0 radical (unpaired) electrons. The Morgan fingerprint density at radius 3 is 2.20 bits per heavy atom. The molecular weight excluding hydrogens is 364 g/mol. The van der Waals surface area contributed by atoms with E-state index < -0.39 is 14.7 Å². The lowest BCUT2D eigenvalue weighted by molar-refractivity contribution is 0.0651. The lowest BCUT2D eigenvalue weighted by atomic mass is 10.1. The molecule has 1 aromatic carbocycles. The van der Waals surface area contributed by atoms with Crippen LogP contribution in [0.4, 0.5) is 0 Å². The minimum atomic E-state index is -4.05. The third-order valence-corrected chi connectivity index (χ3v) is 6.24. The van der Waals surface area contributed by atoms with Gasteiger partial charge in [-0.15, -0.1) is 0 Å². The molecule has 0 fully saturated rings. The van der Waals surface area contributed by atoms with E-state index in [0.717, 1.165) is 6.42 Å². The fraction of sp³-hybridized carbons (Fsp3) is 0.500. The maximum atomic E-state index is 12.2. The Kier molecular flexibility index (Phi) is 6.26. The summed E-state index contributed by atoms with van der Waals surface area (Å²) in [5, 5.41) is 3.21. The van der Waals surface area contributed by atoms with Crippen LogP contribution in [0, 0.1) is 0 Å². The Bertz CT molecular complexity index is 727. The van der Waals surface area contributed by atoms with Crippen molar-refractivity contribution >= 4 is 31.8 Å². The zero-order chi connectivity index (χ0) is 18.7. The zero-order valence-corrected chi connectivity index (χ0v) is 15.8. The van der Waals surface area contributed by atoms with Gasteiger partial charge in [0.25, 0.3) is 11.8 Å². The van der Waals surface area contributed by atoms with Crippen molar-refractivity contribution in [1.82, 2.24) is 10.2 Å². The zero-order valence-electron chi connectivity index (χ0n) is 14.2. The molecule has 1 heterocycles. The van der Waals surface area contributed by atoms with Gasteiger partial charge in [-0.2, -0.15) is 8.42 Å². The predicted molar refractivity (Wildman–Crippen MR) is 97.1 cm³/mol. The molecule has 0 saturated carbocycles. The molecule has 1 aromatic rings. The van der Waals surface area contributed by atoms with E-state index in [1.807, 2.05) is 13.8 Å². The quantitative estimate of drug-likeness (QED) is 0.289. The van der Waals surface area contributed by atoms with Gasteiger partial charge >= 0.3 is 9.15 Å². The second-order valence-electron chi connectivity index (χ2n) is 6.52. The van der Waals surface area contributed by atoms with Gasteiger partial charge in [-0.3, -0.25) is 19.0 Å². The molecule has 0 aliphatic carbocycles. The molecule has 0 saturated heterocycles. The van der Waals surface area contributed by atoms with Crippen molar-refractivity contribution in [1.29, 1.82) is 0 Å². The summed E-state index contributed by atoms with van der Waals surface area (Å²) >= 11 is 0. The second-order valence-corrected chi connectivity index (χ2v) is 9.87. The van der Waals surface area contributed by atoms with Crippen molar-refractivity contribution in [3.8, 4) is 0 Å². The van der Waals surface area contributed by atoms with E-state index in [9.17, 15) is 18.0 Å². The smallest absolute Gasteiger partial charge is 0.311 e. The number of nitrogens with zero attached hydrogens (tertiary/aromatic N) is 1. The molecule has 7 nitrogen and oxygen atoms in total. The van der Waals surface area contributed by atoms with Crippen molar-refractivity contribution in [2.45, 2.75) is 32.2 Å². The van der Waals surface area contributed by atoms with E-state index in [1.54, 1.807) is 24.3 Å². The van der Waals surface area contributed by atoms with Gasteiger partial charge in [0.2, 0.25) is 0 Å². The van der Waals surface area contributed by atoms with Crippen LogP contribution in [-0.4, -0.2) is 54.1 Å². The maximum Gasteiger partial charge on any atom is 0.319 e. The summed E-state index contributed by atoms with van der Waals surface area (Å²) in [6.07, 6.45) is 1.38. The molecule has 1 aliphatic rings. The summed E-state index contributed by atoms with van der Waals surface area (Å²) in [6.45, 7) is 4.65. The third-order valence-electron chi connectivity index (χ3n) is 3.86. The van der Waals surface area contributed by atoms with Gasteiger partial charge in [-0.1, -0.05) is 12.1 Å². The number of benzene rings is 1. The molecule has 9 heteroatoms. The van der Waals surface area contributed by atoms with Gasteiger partial charge in [0.15, 0.2) is 0 Å². The van der Waals surface area contributed by atoms with Gasteiger partial charge in [0, 0.05) is 17.8 Å². The minimum Gasteiger partial charge on any atom is -0.311 e. The number of unbranched alkanes of at least 4 members (excludes halogenated alkanes) is 1. The number of hydrogen-bond donors (Lipinski definition) is 2. The largest absolute Gasteiger partial charge is 0.319 e. The van der Waals surface area contributed by atoms with Crippen molar-refractivity contribution in [3.63, 3.8) is 0 Å². The molecule has 2 rings (SSSR count). The Morgan fingerprint density at radius 1 is 1.12 bits per heavy atom. The van der Waals surface area contributed by atoms with E-state index in [2.05, 4.69) is 5.32 Å². The van der Waals surface area contributed by atoms with Crippen molar-refractivity contribution in [2.24, 2.45) is 0 Å². The summed E-state index contributed by atoms with van der Waals surface area (Å²) in [5.41, 5.74) is 0.443. The maximum absolute atomic E-state index is 12.2. The van der Waals surface area contributed by atoms with Crippen LogP contribution in [0.25, 0.3) is 0 Å². The van der Waals surface area contributed by atoms with Crippen LogP contribution in [0.2, 0.25) is 0 Å². The normalized spacial score (nSPS) is 14.9. The van der Waals surface area contributed by atoms with Crippen LogP contribution in [0.3, 0.4) is 0 Å². The van der Waals surface area contributed by atoms with Gasteiger partial charge in [-0.05, 0) is 56.2 Å². The summed E-state index contributed by atoms with van der Waals surface area (Å²) in [4.78, 5) is 25.7. The number of carbonyl (C=O) groups excluding carboxylic acids is 2. The molecule has 0 bridgehead atoms. The van der Waals surface area contributed by atoms with Crippen LogP contribution < -0.4 is 5.32 Å².